The highest BCUT2D eigenvalue weighted by molar-refractivity contribution is 7.92. The SMILES string of the molecule is CC(C)S(=O)(=O)CC(N)=O. The number of hydrogen-bond acceptors (Lipinski definition) is 3. The summed E-state index contributed by atoms with van der Waals surface area (Å²) in [6.07, 6.45) is 0. The molecule has 0 spiro atoms. The van der Waals surface area contributed by atoms with Gasteiger partial charge in [-0.25, -0.2) is 8.42 Å². The van der Waals surface area contributed by atoms with Crippen LogP contribution in [0.15, 0.2) is 0 Å². The van der Waals surface area contributed by atoms with Gasteiger partial charge in [-0.1, -0.05) is 0 Å². The maximum Gasteiger partial charge on any atom is 0.232 e. The lowest BCUT2D eigenvalue weighted by atomic mass is 10.6. The first kappa shape index (κ1) is 9.42. The van der Waals surface area contributed by atoms with Gasteiger partial charge in [0.2, 0.25) is 5.91 Å². The van der Waals surface area contributed by atoms with Crippen molar-refractivity contribution >= 4 is 15.7 Å². The van der Waals surface area contributed by atoms with Crippen molar-refractivity contribution in [3.05, 3.63) is 0 Å². The molecule has 5 heteroatoms. The molecule has 0 aromatic heterocycles. The van der Waals surface area contributed by atoms with Crippen molar-refractivity contribution in [3.63, 3.8) is 0 Å². The molecule has 0 fully saturated rings. The molecule has 0 aliphatic rings. The summed E-state index contributed by atoms with van der Waals surface area (Å²) in [7, 11) is -3.27. The topological polar surface area (TPSA) is 77.2 Å². The molecule has 0 radical (unpaired) electrons. The van der Waals surface area contributed by atoms with Crippen LogP contribution in [-0.4, -0.2) is 25.3 Å². The van der Waals surface area contributed by atoms with E-state index in [2.05, 4.69) is 0 Å². The van der Waals surface area contributed by atoms with Crippen LogP contribution in [0.3, 0.4) is 0 Å². The third kappa shape index (κ3) is 2.82. The molecular weight excluding hydrogens is 154 g/mol. The summed E-state index contributed by atoms with van der Waals surface area (Å²) in [6, 6.07) is 0. The molecule has 0 atom stereocenters. The van der Waals surface area contributed by atoms with Crippen molar-refractivity contribution < 1.29 is 13.2 Å². The van der Waals surface area contributed by atoms with Crippen molar-refractivity contribution in [2.45, 2.75) is 19.1 Å². The molecular formula is C5H11NO3S. The summed E-state index contributed by atoms with van der Waals surface area (Å²) < 4.78 is 21.7. The Hall–Kier alpha value is -0.580. The number of primary amides is 1. The number of carbonyl (C=O) groups excluding carboxylic acids is 1. The zero-order valence-corrected chi connectivity index (χ0v) is 6.81. The molecule has 1 amide bonds. The number of nitrogens with two attached hydrogens (primary N) is 1. The predicted octanol–water partition coefficient (Wildman–Crippen LogP) is -0.705. The van der Waals surface area contributed by atoms with Gasteiger partial charge < -0.3 is 5.73 Å². The van der Waals surface area contributed by atoms with Gasteiger partial charge in [0.05, 0.1) is 5.25 Å². The van der Waals surface area contributed by atoms with Gasteiger partial charge in [0.15, 0.2) is 9.84 Å². The molecule has 0 unspecified atom stereocenters. The van der Waals surface area contributed by atoms with E-state index in [0.29, 0.717) is 0 Å². The monoisotopic (exact) mass is 165 g/mol. The van der Waals surface area contributed by atoms with Crippen molar-refractivity contribution in [2.75, 3.05) is 5.75 Å². The fraction of sp³-hybridized carbons (Fsp3) is 0.800. The van der Waals surface area contributed by atoms with Crippen LogP contribution < -0.4 is 5.73 Å². The second-order valence-corrected chi connectivity index (χ2v) is 4.88. The first-order chi connectivity index (χ1) is 4.36. The lowest BCUT2D eigenvalue weighted by molar-refractivity contribution is -0.115. The summed E-state index contributed by atoms with van der Waals surface area (Å²) in [4.78, 5) is 10.2. The van der Waals surface area contributed by atoms with Crippen LogP contribution in [0.4, 0.5) is 0 Å². The summed E-state index contributed by atoms with van der Waals surface area (Å²) in [6.45, 7) is 3.02. The minimum Gasteiger partial charge on any atom is -0.369 e. The highest BCUT2D eigenvalue weighted by Crippen LogP contribution is 1.98. The fourth-order valence-corrected chi connectivity index (χ4v) is 1.09. The van der Waals surface area contributed by atoms with Gasteiger partial charge in [-0.05, 0) is 13.8 Å². The maximum absolute atomic E-state index is 10.8. The minimum absolute atomic E-state index is 0.528. The molecule has 0 saturated heterocycles. The lowest BCUT2D eigenvalue weighted by Gasteiger charge is -2.03. The van der Waals surface area contributed by atoms with Crippen LogP contribution >= 0.6 is 0 Å². The van der Waals surface area contributed by atoms with Crippen LogP contribution in [-0.2, 0) is 14.6 Å². The van der Waals surface area contributed by atoms with Crippen LogP contribution in [0, 0.1) is 0 Å². The summed E-state index contributed by atoms with van der Waals surface area (Å²) >= 11 is 0. The van der Waals surface area contributed by atoms with E-state index in [0.717, 1.165) is 0 Å². The Morgan fingerprint density at radius 3 is 2.00 bits per heavy atom. The van der Waals surface area contributed by atoms with E-state index < -0.39 is 26.7 Å². The molecule has 0 aliphatic heterocycles. The van der Waals surface area contributed by atoms with Crippen LogP contribution in [0.1, 0.15) is 13.8 Å². The average Bonchev–Trinajstić information content (AvgIpc) is 1.60. The van der Waals surface area contributed by atoms with Crippen LogP contribution in [0.25, 0.3) is 0 Å². The highest BCUT2D eigenvalue weighted by Gasteiger charge is 2.18. The lowest BCUT2D eigenvalue weighted by Crippen LogP contribution is -2.28. The third-order valence-electron chi connectivity index (χ3n) is 1.06. The predicted molar refractivity (Wildman–Crippen MR) is 38.1 cm³/mol. The van der Waals surface area contributed by atoms with Crippen molar-refractivity contribution in [3.8, 4) is 0 Å². The number of rotatable bonds is 3. The number of hydrogen-bond donors (Lipinski definition) is 1. The van der Waals surface area contributed by atoms with E-state index in [1.54, 1.807) is 0 Å². The van der Waals surface area contributed by atoms with Crippen LogP contribution in [0.2, 0.25) is 0 Å². The molecule has 0 heterocycles. The Morgan fingerprint density at radius 2 is 1.90 bits per heavy atom. The smallest absolute Gasteiger partial charge is 0.232 e. The second-order valence-electron chi connectivity index (χ2n) is 2.32. The van der Waals surface area contributed by atoms with Crippen molar-refractivity contribution in [1.82, 2.24) is 0 Å². The van der Waals surface area contributed by atoms with E-state index in [9.17, 15) is 13.2 Å². The van der Waals surface area contributed by atoms with E-state index in [1.807, 2.05) is 0 Å². The maximum atomic E-state index is 10.8. The Bertz CT molecular complexity index is 217. The van der Waals surface area contributed by atoms with Gasteiger partial charge in [-0.3, -0.25) is 4.79 Å². The van der Waals surface area contributed by atoms with Gasteiger partial charge in [-0.15, -0.1) is 0 Å². The Labute approximate surface area is 60.3 Å². The fourth-order valence-electron chi connectivity index (χ4n) is 0.365. The van der Waals surface area contributed by atoms with Gasteiger partial charge in [0, 0.05) is 0 Å². The number of sulfone groups is 1. The van der Waals surface area contributed by atoms with E-state index >= 15 is 0 Å². The first-order valence-corrected chi connectivity index (χ1v) is 4.57. The Morgan fingerprint density at radius 1 is 1.50 bits per heavy atom. The summed E-state index contributed by atoms with van der Waals surface area (Å²) in [5.41, 5.74) is 4.70. The first-order valence-electron chi connectivity index (χ1n) is 2.86. The molecule has 4 nitrogen and oxygen atoms in total. The molecule has 0 bridgehead atoms. The Kier molecular flexibility index (Phi) is 2.83. The molecule has 0 aliphatic carbocycles. The van der Waals surface area contributed by atoms with Crippen LogP contribution in [0.5, 0.6) is 0 Å². The molecule has 0 aromatic rings. The number of amides is 1. The normalized spacial score (nSPS) is 11.9. The van der Waals surface area contributed by atoms with Gasteiger partial charge in [0.25, 0.3) is 0 Å². The minimum atomic E-state index is -3.27. The summed E-state index contributed by atoms with van der Waals surface area (Å²) in [5, 5.41) is -0.528. The van der Waals surface area contributed by atoms with Gasteiger partial charge in [0.1, 0.15) is 5.75 Å². The standard InChI is InChI=1S/C5H11NO3S/c1-4(2)10(8,9)3-5(6)7/h4H,3H2,1-2H3,(H2,6,7). The number of carbonyl (C=O) groups is 1. The zero-order chi connectivity index (χ0) is 8.36. The van der Waals surface area contributed by atoms with E-state index in [-0.39, 0.29) is 0 Å². The average molecular weight is 165 g/mol. The van der Waals surface area contributed by atoms with Crippen molar-refractivity contribution in [2.24, 2.45) is 5.73 Å². The summed E-state index contributed by atoms with van der Waals surface area (Å²) in [5.74, 6) is -1.35. The van der Waals surface area contributed by atoms with Gasteiger partial charge >= 0.3 is 0 Å². The molecule has 60 valence electrons. The molecule has 2 N–H and O–H groups in total. The van der Waals surface area contributed by atoms with E-state index in [1.165, 1.54) is 13.8 Å². The molecule has 10 heavy (non-hydrogen) atoms. The van der Waals surface area contributed by atoms with Crippen molar-refractivity contribution in [1.29, 1.82) is 0 Å². The molecule has 0 rings (SSSR count). The zero-order valence-electron chi connectivity index (χ0n) is 5.99. The third-order valence-corrected chi connectivity index (χ3v) is 3.19. The van der Waals surface area contributed by atoms with Gasteiger partial charge in [-0.2, -0.15) is 0 Å². The van der Waals surface area contributed by atoms with E-state index in [4.69, 9.17) is 5.73 Å². The second kappa shape index (κ2) is 3.01. The largest absolute Gasteiger partial charge is 0.369 e. The molecule has 0 saturated carbocycles. The quantitative estimate of drug-likeness (QED) is 0.600. The molecule has 0 aromatic carbocycles. The Balaban J connectivity index is 4.31. The highest BCUT2D eigenvalue weighted by atomic mass is 32.2.